The van der Waals surface area contributed by atoms with E-state index in [-0.39, 0.29) is 0 Å². The van der Waals surface area contributed by atoms with Crippen molar-refractivity contribution in [1.29, 1.82) is 0 Å². The van der Waals surface area contributed by atoms with Crippen LogP contribution in [0.1, 0.15) is 11.3 Å². The largest absolute Gasteiger partial charge is 0.416 e. The number of halogens is 4. The van der Waals surface area contributed by atoms with Gasteiger partial charge >= 0.3 is 6.18 Å². The van der Waals surface area contributed by atoms with E-state index < -0.39 is 11.7 Å². The number of benzene rings is 1. The van der Waals surface area contributed by atoms with E-state index in [1.165, 1.54) is 17.8 Å². The van der Waals surface area contributed by atoms with Gasteiger partial charge in [-0.3, -0.25) is 4.68 Å². The van der Waals surface area contributed by atoms with Gasteiger partial charge in [0.1, 0.15) is 0 Å². The maximum Gasteiger partial charge on any atom is 0.416 e. The first-order valence-corrected chi connectivity index (χ1v) is 7.76. The Morgan fingerprint density at radius 2 is 2.10 bits per heavy atom. The maximum absolute atomic E-state index is 12.6. The summed E-state index contributed by atoms with van der Waals surface area (Å²) in [5.41, 5.74) is 0.187. The van der Waals surface area contributed by atoms with Crippen LogP contribution in [0.15, 0.2) is 35.4 Å². The van der Waals surface area contributed by atoms with Crippen LogP contribution >= 0.6 is 23.4 Å². The molecule has 0 fully saturated rings. The quantitative estimate of drug-likeness (QED) is 0.593. The number of alkyl halides is 4. The molecule has 0 saturated carbocycles. The molecule has 114 valence electrons. The zero-order valence-electron chi connectivity index (χ0n) is 11.0. The van der Waals surface area contributed by atoms with E-state index in [9.17, 15) is 13.2 Å². The summed E-state index contributed by atoms with van der Waals surface area (Å²) in [6.45, 7) is 0.580. The number of hydrogen-bond acceptors (Lipinski definition) is 3. The highest BCUT2D eigenvalue weighted by Crippen LogP contribution is 2.31. The van der Waals surface area contributed by atoms with Crippen LogP contribution in [0.25, 0.3) is 0 Å². The molecule has 0 unspecified atom stereocenters. The van der Waals surface area contributed by atoms with Gasteiger partial charge < -0.3 is 0 Å². The molecular weight excluding hydrogens is 323 g/mol. The minimum absolute atomic E-state index is 0.484. The smallest absolute Gasteiger partial charge is 0.251 e. The van der Waals surface area contributed by atoms with E-state index in [2.05, 4.69) is 10.3 Å². The summed E-state index contributed by atoms with van der Waals surface area (Å²) in [4.78, 5) is 0.589. The first-order chi connectivity index (χ1) is 9.99. The summed E-state index contributed by atoms with van der Waals surface area (Å²) in [7, 11) is 0. The number of aryl methyl sites for hydroxylation is 2. The van der Waals surface area contributed by atoms with Gasteiger partial charge in [-0.2, -0.15) is 13.2 Å². The lowest BCUT2D eigenvalue weighted by Gasteiger charge is -2.08. The fraction of sp³-hybridized carbons (Fsp3) is 0.385. The zero-order valence-corrected chi connectivity index (χ0v) is 12.5. The molecule has 0 bridgehead atoms. The highest BCUT2D eigenvalue weighted by atomic mass is 35.5. The van der Waals surface area contributed by atoms with Crippen LogP contribution in [0.5, 0.6) is 0 Å². The minimum Gasteiger partial charge on any atom is -0.251 e. The third-order valence-corrected chi connectivity index (χ3v) is 3.85. The zero-order chi connectivity index (χ0) is 15.3. The van der Waals surface area contributed by atoms with Crippen molar-refractivity contribution >= 4 is 23.4 Å². The predicted octanol–water partition coefficient (Wildman–Crippen LogP) is 3.87. The third-order valence-electron chi connectivity index (χ3n) is 2.69. The molecule has 0 aliphatic heterocycles. The molecule has 1 aromatic heterocycles. The summed E-state index contributed by atoms with van der Waals surface area (Å²) in [6.07, 6.45) is -1.85. The van der Waals surface area contributed by atoms with Crippen LogP contribution in [-0.4, -0.2) is 26.6 Å². The Morgan fingerprint density at radius 1 is 1.29 bits per heavy atom. The van der Waals surface area contributed by atoms with Gasteiger partial charge in [0, 0.05) is 29.1 Å². The number of aromatic nitrogens is 3. The first kappa shape index (κ1) is 16.2. The minimum atomic E-state index is -4.31. The molecule has 0 spiro atoms. The molecule has 2 rings (SSSR count). The number of hydrogen-bond donors (Lipinski definition) is 0. The van der Waals surface area contributed by atoms with Crippen LogP contribution in [0, 0.1) is 0 Å². The molecule has 2 aromatic rings. The Balaban J connectivity index is 1.88. The molecule has 0 aliphatic carbocycles. The van der Waals surface area contributed by atoms with Crippen molar-refractivity contribution in [3.05, 3.63) is 41.7 Å². The van der Waals surface area contributed by atoms with Gasteiger partial charge in [-0.15, -0.1) is 28.5 Å². The second kappa shape index (κ2) is 7.17. The van der Waals surface area contributed by atoms with Crippen LogP contribution in [0.3, 0.4) is 0 Å². The lowest BCUT2D eigenvalue weighted by Crippen LogP contribution is -2.05. The Kier molecular flexibility index (Phi) is 5.52. The Bertz CT molecular complexity index is 586. The molecular formula is C13H13ClF3N3S. The molecule has 0 aliphatic rings. The van der Waals surface area contributed by atoms with Crippen LogP contribution in [0.4, 0.5) is 13.2 Å². The number of nitrogens with zero attached hydrogens (tertiary/aromatic N) is 3. The predicted molar refractivity (Wildman–Crippen MR) is 76.6 cm³/mol. The van der Waals surface area contributed by atoms with E-state index in [0.717, 1.165) is 17.8 Å². The van der Waals surface area contributed by atoms with Gasteiger partial charge in [0.2, 0.25) is 0 Å². The SMILES string of the molecule is FC(F)(F)c1cccc(SCCn2cc(CCCl)nn2)c1. The molecule has 0 radical (unpaired) electrons. The van der Waals surface area contributed by atoms with E-state index in [1.807, 2.05) is 0 Å². The van der Waals surface area contributed by atoms with Gasteiger partial charge in [0.25, 0.3) is 0 Å². The monoisotopic (exact) mass is 335 g/mol. The summed E-state index contributed by atoms with van der Waals surface area (Å²) < 4.78 is 39.4. The molecule has 0 amide bonds. The molecule has 1 heterocycles. The second-order valence-corrected chi connectivity index (χ2v) is 5.83. The second-order valence-electron chi connectivity index (χ2n) is 4.29. The summed E-state index contributed by atoms with van der Waals surface area (Å²) >= 11 is 6.96. The van der Waals surface area contributed by atoms with E-state index >= 15 is 0 Å². The molecule has 1 aromatic carbocycles. The van der Waals surface area contributed by atoms with E-state index in [0.29, 0.717) is 29.5 Å². The Morgan fingerprint density at radius 3 is 2.81 bits per heavy atom. The first-order valence-electron chi connectivity index (χ1n) is 6.24. The van der Waals surface area contributed by atoms with Crippen LogP contribution < -0.4 is 0 Å². The fourth-order valence-corrected chi connectivity index (χ4v) is 2.77. The lowest BCUT2D eigenvalue weighted by atomic mass is 10.2. The van der Waals surface area contributed by atoms with Gasteiger partial charge in [0.05, 0.1) is 17.8 Å². The van der Waals surface area contributed by atoms with Gasteiger partial charge in [0.15, 0.2) is 0 Å². The Hall–Kier alpha value is -1.21. The van der Waals surface area contributed by atoms with Crippen LogP contribution in [0.2, 0.25) is 0 Å². The van der Waals surface area contributed by atoms with Crippen LogP contribution in [-0.2, 0) is 19.1 Å². The molecule has 8 heteroatoms. The third kappa shape index (κ3) is 4.93. The van der Waals surface area contributed by atoms with Crippen molar-refractivity contribution in [2.75, 3.05) is 11.6 Å². The summed E-state index contributed by atoms with van der Waals surface area (Å²) in [5.74, 6) is 1.10. The topological polar surface area (TPSA) is 30.7 Å². The van der Waals surface area contributed by atoms with E-state index in [4.69, 9.17) is 11.6 Å². The van der Waals surface area contributed by atoms with Crippen molar-refractivity contribution in [2.45, 2.75) is 24.0 Å². The Labute approximate surface area is 129 Å². The summed E-state index contributed by atoms with van der Waals surface area (Å²) in [6, 6.07) is 5.31. The average molecular weight is 336 g/mol. The van der Waals surface area contributed by atoms with Gasteiger partial charge in [-0.1, -0.05) is 11.3 Å². The molecule has 0 N–H and O–H groups in total. The average Bonchev–Trinajstić information content (AvgIpc) is 2.86. The molecule has 21 heavy (non-hydrogen) atoms. The van der Waals surface area contributed by atoms with Crippen molar-refractivity contribution in [3.8, 4) is 0 Å². The standard InChI is InChI=1S/C13H13ClF3N3S/c14-5-4-11-9-20(19-18-11)6-7-21-12-3-1-2-10(8-12)13(15,16)17/h1-3,8-9H,4-7H2. The lowest BCUT2D eigenvalue weighted by molar-refractivity contribution is -0.137. The molecule has 3 nitrogen and oxygen atoms in total. The fourth-order valence-electron chi connectivity index (χ4n) is 1.68. The number of thioether (sulfide) groups is 1. The van der Waals surface area contributed by atoms with E-state index in [1.54, 1.807) is 16.9 Å². The summed E-state index contributed by atoms with van der Waals surface area (Å²) in [5, 5.41) is 7.89. The molecule has 0 saturated heterocycles. The maximum atomic E-state index is 12.6. The molecule has 0 atom stereocenters. The van der Waals surface area contributed by atoms with Crippen molar-refractivity contribution in [3.63, 3.8) is 0 Å². The normalized spacial score (nSPS) is 11.8. The van der Waals surface area contributed by atoms with Crippen molar-refractivity contribution in [2.24, 2.45) is 0 Å². The van der Waals surface area contributed by atoms with Gasteiger partial charge in [-0.05, 0) is 18.2 Å². The van der Waals surface area contributed by atoms with Gasteiger partial charge in [-0.25, -0.2) is 0 Å². The van der Waals surface area contributed by atoms with Crippen molar-refractivity contribution < 1.29 is 13.2 Å². The highest BCUT2D eigenvalue weighted by molar-refractivity contribution is 7.99. The number of rotatable bonds is 6. The van der Waals surface area contributed by atoms with Crippen molar-refractivity contribution in [1.82, 2.24) is 15.0 Å². The highest BCUT2D eigenvalue weighted by Gasteiger charge is 2.30.